The minimum Gasteiger partial charge on any atom is -0.324 e. The van der Waals surface area contributed by atoms with Gasteiger partial charge in [-0.1, -0.05) is 0 Å². The molecule has 1 atom stereocenters. The molecular weight excluding hydrogens is 564 g/mol. The first-order valence-corrected chi connectivity index (χ1v) is 18.6. The van der Waals surface area contributed by atoms with Gasteiger partial charge in [-0.05, 0) is 19.3 Å². The minimum absolute atomic E-state index is 0.0937. The molecule has 0 bridgehead atoms. The second-order valence-electron chi connectivity index (χ2n) is 8.94. The van der Waals surface area contributed by atoms with E-state index in [0.29, 0.717) is 19.6 Å². The molecule has 0 saturated carbocycles. The molecule has 1 fully saturated rings. The van der Waals surface area contributed by atoms with E-state index in [4.69, 9.17) is 0 Å². The molecule has 0 aliphatic carbocycles. The fourth-order valence-electron chi connectivity index (χ4n) is 4.33. The number of hydrogen-bond acceptors (Lipinski definition) is 8. The monoisotopic (exact) mass is 604 g/mol. The zero-order valence-electron chi connectivity index (χ0n) is 19.9. The molecule has 0 aromatic heterocycles. The molecule has 1 saturated heterocycles. The van der Waals surface area contributed by atoms with Gasteiger partial charge in [-0.25, -0.2) is 0 Å². The summed E-state index contributed by atoms with van der Waals surface area (Å²) in [6.45, 7) is 1.92. The van der Waals surface area contributed by atoms with Gasteiger partial charge in [0.2, 0.25) is 0 Å². The fourth-order valence-corrected chi connectivity index (χ4v) is 6.78. The summed E-state index contributed by atoms with van der Waals surface area (Å²) in [6, 6.07) is -0.929. The van der Waals surface area contributed by atoms with Gasteiger partial charge < -0.3 is 55.1 Å². The summed E-state index contributed by atoms with van der Waals surface area (Å²) in [5, 5.41) is 9.41. The van der Waals surface area contributed by atoms with Crippen LogP contribution in [0.3, 0.4) is 0 Å². The van der Waals surface area contributed by atoms with Crippen LogP contribution < -0.4 is 16.0 Å². The van der Waals surface area contributed by atoms with Crippen LogP contribution in [0.2, 0.25) is 0 Å². The summed E-state index contributed by atoms with van der Waals surface area (Å²) in [7, 11) is -18.3. The average molecular weight is 604 g/mol. The highest BCUT2D eigenvalue weighted by atomic mass is 31.2. The molecular formula is C16H40N4O12P4. The van der Waals surface area contributed by atoms with Gasteiger partial charge in [-0.2, -0.15) is 0 Å². The lowest BCUT2D eigenvalue weighted by Crippen LogP contribution is -2.64. The summed E-state index contributed by atoms with van der Waals surface area (Å²) >= 11 is 0. The highest BCUT2D eigenvalue weighted by Gasteiger charge is 2.46. The molecule has 0 aromatic rings. The van der Waals surface area contributed by atoms with Gasteiger partial charge >= 0.3 is 30.4 Å². The Bertz CT molecular complexity index is 788. The van der Waals surface area contributed by atoms with Crippen molar-refractivity contribution in [1.29, 1.82) is 0 Å². The summed E-state index contributed by atoms with van der Waals surface area (Å²) in [4.78, 5) is 78.2. The molecule has 1 aliphatic heterocycles. The van der Waals surface area contributed by atoms with Crippen LogP contribution in [0.15, 0.2) is 0 Å². The Labute approximate surface area is 210 Å². The summed E-state index contributed by atoms with van der Waals surface area (Å²) < 4.78 is 47.2. The van der Waals surface area contributed by atoms with Crippen molar-refractivity contribution < 1.29 is 57.4 Å². The second kappa shape index (κ2) is 14.7. The lowest BCUT2D eigenvalue weighted by atomic mass is 9.80. The lowest BCUT2D eigenvalue weighted by molar-refractivity contribution is 0.0425. The lowest BCUT2D eigenvalue weighted by Gasteiger charge is -2.50. The summed E-state index contributed by atoms with van der Waals surface area (Å²) in [5.41, 5.74) is -1.51. The van der Waals surface area contributed by atoms with Crippen molar-refractivity contribution in [3.05, 3.63) is 0 Å². The quantitative estimate of drug-likeness (QED) is 0.108. The van der Waals surface area contributed by atoms with Crippen LogP contribution in [0.25, 0.3) is 0 Å². The standard InChI is InChI=1S/C16H40N4O12P4/c21-33(22,23)11-1-15-16(2-12-34(24,25)26,3-13-35(27,28)29)20(10-14-36(30,31)32)9-8-18-5-4-17-6-7-19-15/h15,17-19H,1-14H2,(H2,21,22,23)(H2,24,25,26)(H2,27,28,29)(H2,30,31,32). The van der Waals surface area contributed by atoms with E-state index in [1.165, 1.54) is 4.90 Å². The van der Waals surface area contributed by atoms with Crippen LogP contribution in [0.1, 0.15) is 19.3 Å². The third kappa shape index (κ3) is 15.1. The number of nitrogens with zero attached hydrogens (tertiary/aromatic N) is 1. The van der Waals surface area contributed by atoms with Crippen LogP contribution in [0.4, 0.5) is 0 Å². The smallest absolute Gasteiger partial charge is 0.324 e. The van der Waals surface area contributed by atoms with Crippen molar-refractivity contribution in [3.63, 3.8) is 0 Å². The first-order chi connectivity index (χ1) is 16.3. The Morgan fingerprint density at radius 1 is 0.639 bits per heavy atom. The van der Waals surface area contributed by atoms with E-state index in [2.05, 4.69) is 16.0 Å². The Morgan fingerprint density at radius 3 is 1.56 bits per heavy atom. The first-order valence-electron chi connectivity index (χ1n) is 11.4. The van der Waals surface area contributed by atoms with E-state index in [1.807, 2.05) is 0 Å². The highest BCUT2D eigenvalue weighted by Crippen LogP contribution is 2.46. The Kier molecular flexibility index (Phi) is 14.1. The maximum absolute atomic E-state index is 11.9. The van der Waals surface area contributed by atoms with E-state index in [-0.39, 0.29) is 45.4 Å². The highest BCUT2D eigenvalue weighted by molar-refractivity contribution is 7.52. The van der Waals surface area contributed by atoms with Gasteiger partial charge in [0.05, 0.1) is 24.6 Å². The van der Waals surface area contributed by atoms with Gasteiger partial charge in [0.15, 0.2) is 0 Å². The predicted molar refractivity (Wildman–Crippen MR) is 133 cm³/mol. The molecule has 16 nitrogen and oxygen atoms in total. The molecule has 11 N–H and O–H groups in total. The van der Waals surface area contributed by atoms with Crippen LogP contribution in [-0.4, -0.2) is 126 Å². The van der Waals surface area contributed by atoms with E-state index in [1.54, 1.807) is 0 Å². The molecule has 0 radical (unpaired) electrons. The van der Waals surface area contributed by atoms with E-state index in [0.717, 1.165) is 0 Å². The Hall–Kier alpha value is 0.440. The van der Waals surface area contributed by atoms with Gasteiger partial charge in [0.25, 0.3) is 0 Å². The molecule has 0 amide bonds. The van der Waals surface area contributed by atoms with Gasteiger partial charge in [-0.15, -0.1) is 0 Å². The molecule has 0 spiro atoms. The van der Waals surface area contributed by atoms with Gasteiger partial charge in [0.1, 0.15) is 0 Å². The number of rotatable bonds is 12. The van der Waals surface area contributed by atoms with Crippen molar-refractivity contribution in [1.82, 2.24) is 20.9 Å². The topological polar surface area (TPSA) is 269 Å². The number of nitrogens with one attached hydrogen (secondary N) is 3. The van der Waals surface area contributed by atoms with Crippen molar-refractivity contribution in [3.8, 4) is 0 Å². The third-order valence-electron chi connectivity index (χ3n) is 6.05. The van der Waals surface area contributed by atoms with Crippen molar-refractivity contribution >= 4 is 30.4 Å². The normalized spacial score (nSPS) is 22.1. The second-order valence-corrected chi connectivity index (χ2v) is 16.0. The zero-order chi connectivity index (χ0) is 27.7. The van der Waals surface area contributed by atoms with Crippen LogP contribution >= 0.6 is 30.4 Å². The Balaban J connectivity index is 3.65. The van der Waals surface area contributed by atoms with Crippen molar-refractivity contribution in [2.75, 3.05) is 70.5 Å². The first kappa shape index (κ1) is 34.5. The number of hydrogen-bond donors (Lipinski definition) is 11. The molecule has 1 heterocycles. The SMILES string of the molecule is O=P(O)(O)CCC1NCCNCCNCCN(CCP(=O)(O)O)C1(CCP(=O)(O)O)CCP(=O)(O)O. The molecule has 20 heteroatoms. The van der Waals surface area contributed by atoms with E-state index in [9.17, 15) is 57.4 Å². The predicted octanol–water partition coefficient (Wildman–Crippen LogP) is -1.94. The van der Waals surface area contributed by atoms with E-state index >= 15 is 0 Å². The average Bonchev–Trinajstić information content (AvgIpc) is 2.68. The molecule has 1 aliphatic rings. The minimum atomic E-state index is -4.64. The molecule has 216 valence electrons. The molecule has 0 aromatic carbocycles. The van der Waals surface area contributed by atoms with Crippen molar-refractivity contribution in [2.45, 2.75) is 30.8 Å². The van der Waals surface area contributed by atoms with Gasteiger partial charge in [-0.3, -0.25) is 23.2 Å². The van der Waals surface area contributed by atoms with Crippen molar-refractivity contribution in [2.24, 2.45) is 0 Å². The summed E-state index contributed by atoms with van der Waals surface area (Å²) in [6.07, 6.45) is -3.56. The van der Waals surface area contributed by atoms with Gasteiger partial charge in [0, 0.05) is 57.4 Å². The maximum atomic E-state index is 11.9. The fraction of sp³-hybridized carbons (Fsp3) is 1.00. The maximum Gasteiger partial charge on any atom is 0.326 e. The summed E-state index contributed by atoms with van der Waals surface area (Å²) in [5.74, 6) is 0. The van der Waals surface area contributed by atoms with Crippen LogP contribution in [-0.2, 0) is 18.3 Å². The zero-order valence-corrected chi connectivity index (χ0v) is 23.5. The molecule has 1 unspecified atom stereocenters. The largest absolute Gasteiger partial charge is 0.326 e. The third-order valence-corrected chi connectivity index (χ3v) is 9.29. The van der Waals surface area contributed by atoms with E-state index < -0.39 is 66.6 Å². The molecule has 1 rings (SSSR count). The van der Waals surface area contributed by atoms with Crippen LogP contribution in [0.5, 0.6) is 0 Å². The Morgan fingerprint density at radius 2 is 1.08 bits per heavy atom. The van der Waals surface area contributed by atoms with Crippen LogP contribution in [0, 0.1) is 0 Å². The molecule has 36 heavy (non-hydrogen) atoms.